The minimum absolute atomic E-state index is 0.297. The molecule has 23 heavy (non-hydrogen) atoms. The fraction of sp³-hybridized carbons (Fsp3) is 0.167. The highest BCUT2D eigenvalue weighted by molar-refractivity contribution is 6.34. The summed E-state index contributed by atoms with van der Waals surface area (Å²) in [5, 5.41) is 10.1. The zero-order valence-electron chi connectivity index (χ0n) is 13.1. The van der Waals surface area contributed by atoms with E-state index in [1.807, 2.05) is 50.5 Å². The Morgan fingerprint density at radius 1 is 1.17 bits per heavy atom. The summed E-state index contributed by atoms with van der Waals surface area (Å²) in [5.41, 5.74) is 3.55. The molecule has 0 unspecified atom stereocenters. The SMILES string of the molecule is COc1cccc(-c2cc3c(cc2Cl)[N+](C)(C)C=C3C(=O)O)c1. The van der Waals surface area contributed by atoms with Crippen molar-refractivity contribution in [2.24, 2.45) is 0 Å². The number of benzene rings is 2. The molecule has 0 saturated carbocycles. The number of hydrogen-bond donors (Lipinski definition) is 1. The number of hydrogen-bond acceptors (Lipinski definition) is 2. The van der Waals surface area contributed by atoms with Crippen LogP contribution in [0.15, 0.2) is 42.6 Å². The minimum atomic E-state index is -0.936. The maximum atomic E-state index is 11.6. The monoisotopic (exact) mass is 330 g/mol. The molecule has 0 fully saturated rings. The maximum Gasteiger partial charge on any atom is 0.341 e. The molecule has 1 aliphatic heterocycles. The van der Waals surface area contributed by atoms with Gasteiger partial charge in [-0.1, -0.05) is 23.7 Å². The molecular formula is C18H17ClNO3+. The number of carbonyl (C=O) groups is 1. The van der Waals surface area contributed by atoms with Gasteiger partial charge < -0.3 is 9.84 Å². The Labute approximate surface area is 139 Å². The highest BCUT2D eigenvalue weighted by atomic mass is 35.5. The first-order valence-corrected chi connectivity index (χ1v) is 7.50. The second kappa shape index (κ2) is 5.41. The molecule has 118 valence electrons. The molecule has 3 rings (SSSR count). The van der Waals surface area contributed by atoms with Gasteiger partial charge in [0.1, 0.15) is 23.2 Å². The number of quaternary nitrogens is 1. The average Bonchev–Trinajstić information content (AvgIpc) is 2.78. The Hall–Kier alpha value is -2.30. The number of fused-ring (bicyclic) bond motifs is 1. The average molecular weight is 331 g/mol. The van der Waals surface area contributed by atoms with Crippen LogP contribution in [-0.2, 0) is 4.79 Å². The molecular weight excluding hydrogens is 314 g/mol. The van der Waals surface area contributed by atoms with Crippen molar-refractivity contribution in [1.82, 2.24) is 4.48 Å². The maximum absolute atomic E-state index is 11.6. The van der Waals surface area contributed by atoms with Gasteiger partial charge in [0, 0.05) is 11.6 Å². The van der Waals surface area contributed by atoms with E-state index in [1.54, 1.807) is 13.3 Å². The molecule has 1 aliphatic rings. The van der Waals surface area contributed by atoms with E-state index >= 15 is 0 Å². The van der Waals surface area contributed by atoms with Gasteiger partial charge in [0.2, 0.25) is 0 Å². The molecule has 0 amide bonds. The molecule has 0 saturated heterocycles. The van der Waals surface area contributed by atoms with Crippen molar-refractivity contribution < 1.29 is 14.6 Å². The van der Waals surface area contributed by atoms with Crippen LogP contribution in [0.25, 0.3) is 16.7 Å². The molecule has 0 bridgehead atoms. The largest absolute Gasteiger partial charge is 0.497 e. The lowest BCUT2D eigenvalue weighted by Gasteiger charge is -2.21. The van der Waals surface area contributed by atoms with Crippen LogP contribution in [0.5, 0.6) is 5.75 Å². The van der Waals surface area contributed by atoms with Crippen LogP contribution < -0.4 is 9.22 Å². The molecule has 5 heteroatoms. The van der Waals surface area contributed by atoms with Crippen LogP contribution in [0.1, 0.15) is 5.56 Å². The first-order chi connectivity index (χ1) is 10.8. The van der Waals surface area contributed by atoms with Crippen LogP contribution in [0.2, 0.25) is 5.02 Å². The third kappa shape index (κ3) is 2.60. The number of carboxylic acids is 1. The Morgan fingerprint density at radius 2 is 1.91 bits per heavy atom. The first kappa shape index (κ1) is 15.6. The molecule has 0 radical (unpaired) electrons. The highest BCUT2D eigenvalue weighted by Gasteiger charge is 2.35. The minimum Gasteiger partial charge on any atom is -0.497 e. The topological polar surface area (TPSA) is 46.5 Å². The Balaban J connectivity index is 2.21. The smallest absolute Gasteiger partial charge is 0.341 e. The van der Waals surface area contributed by atoms with Gasteiger partial charge in [-0.15, -0.1) is 0 Å². The van der Waals surface area contributed by atoms with Crippen LogP contribution in [0.4, 0.5) is 5.69 Å². The van der Waals surface area contributed by atoms with Crippen LogP contribution in [0.3, 0.4) is 0 Å². The summed E-state index contributed by atoms with van der Waals surface area (Å²) >= 11 is 6.47. The van der Waals surface area contributed by atoms with Crippen molar-refractivity contribution in [2.75, 3.05) is 21.2 Å². The number of halogens is 1. The van der Waals surface area contributed by atoms with Gasteiger partial charge in [-0.25, -0.2) is 4.79 Å². The van der Waals surface area contributed by atoms with Gasteiger partial charge in [-0.2, -0.15) is 0 Å². The van der Waals surface area contributed by atoms with Crippen molar-refractivity contribution in [3.8, 4) is 16.9 Å². The number of carboxylic acid groups (broad SMARTS) is 1. The van der Waals surface area contributed by atoms with Gasteiger partial charge in [-0.3, -0.25) is 4.48 Å². The van der Waals surface area contributed by atoms with Gasteiger partial charge in [-0.05, 0) is 23.8 Å². The van der Waals surface area contributed by atoms with Crippen molar-refractivity contribution in [1.29, 1.82) is 0 Å². The second-order valence-corrected chi connectivity index (χ2v) is 6.38. The third-order valence-electron chi connectivity index (χ3n) is 4.06. The van der Waals surface area contributed by atoms with Gasteiger partial charge in [0.25, 0.3) is 0 Å². The molecule has 2 aromatic carbocycles. The van der Waals surface area contributed by atoms with Crippen molar-refractivity contribution in [3.63, 3.8) is 0 Å². The normalized spacial score (nSPS) is 15.0. The van der Waals surface area contributed by atoms with Crippen LogP contribution in [-0.4, -0.2) is 32.3 Å². The van der Waals surface area contributed by atoms with E-state index in [2.05, 4.69) is 0 Å². The first-order valence-electron chi connectivity index (χ1n) is 7.12. The fourth-order valence-corrected chi connectivity index (χ4v) is 3.17. The lowest BCUT2D eigenvalue weighted by Crippen LogP contribution is -2.31. The number of rotatable bonds is 3. The number of methoxy groups -OCH3 is 1. The third-order valence-corrected chi connectivity index (χ3v) is 4.37. The Morgan fingerprint density at radius 3 is 2.57 bits per heavy atom. The predicted octanol–water partition coefficient (Wildman–Crippen LogP) is 4.02. The Bertz CT molecular complexity index is 840. The highest BCUT2D eigenvalue weighted by Crippen LogP contribution is 2.44. The van der Waals surface area contributed by atoms with Gasteiger partial charge >= 0.3 is 5.97 Å². The number of ether oxygens (including phenoxy) is 1. The van der Waals surface area contributed by atoms with Crippen molar-refractivity contribution >= 4 is 28.8 Å². The molecule has 0 atom stereocenters. The quantitative estimate of drug-likeness (QED) is 0.864. The summed E-state index contributed by atoms with van der Waals surface area (Å²) in [6.07, 6.45) is 1.72. The lowest BCUT2D eigenvalue weighted by molar-refractivity contribution is -0.130. The standard InChI is InChI=1S/C18H16ClNO3/c1-20(2)10-15(18(21)22)14-8-13(16(19)9-17(14)20)11-5-4-6-12(7-11)23-3/h4-10H,1-3H3/p+1. The molecule has 1 N–H and O–H groups in total. The van der Waals surface area contributed by atoms with Crippen molar-refractivity contribution in [3.05, 3.63) is 53.2 Å². The second-order valence-electron chi connectivity index (χ2n) is 5.97. The van der Waals surface area contributed by atoms with Crippen molar-refractivity contribution in [2.45, 2.75) is 0 Å². The van der Waals surface area contributed by atoms with Gasteiger partial charge in [0.05, 0.1) is 31.8 Å². The van der Waals surface area contributed by atoms with Crippen LogP contribution >= 0.6 is 11.6 Å². The summed E-state index contributed by atoms with van der Waals surface area (Å²) in [6.45, 7) is 0. The predicted molar refractivity (Wildman–Crippen MR) is 92.7 cm³/mol. The van der Waals surface area contributed by atoms with Crippen LogP contribution in [0, 0.1) is 0 Å². The van der Waals surface area contributed by atoms with E-state index in [-0.39, 0.29) is 0 Å². The molecule has 0 aromatic heterocycles. The summed E-state index contributed by atoms with van der Waals surface area (Å²) < 4.78 is 5.61. The zero-order chi connectivity index (χ0) is 16.8. The van der Waals surface area contributed by atoms with E-state index in [1.165, 1.54) is 0 Å². The number of nitrogens with zero attached hydrogens (tertiary/aromatic N) is 1. The van der Waals surface area contributed by atoms with E-state index in [0.29, 0.717) is 20.6 Å². The number of aliphatic carboxylic acids is 1. The molecule has 1 heterocycles. The molecule has 0 aliphatic carbocycles. The Kier molecular flexibility index (Phi) is 3.66. The summed E-state index contributed by atoms with van der Waals surface area (Å²) in [6, 6.07) is 11.2. The van der Waals surface area contributed by atoms with E-state index in [4.69, 9.17) is 16.3 Å². The van der Waals surface area contributed by atoms with E-state index < -0.39 is 5.97 Å². The molecule has 0 spiro atoms. The van der Waals surface area contributed by atoms with Gasteiger partial charge in [0.15, 0.2) is 0 Å². The zero-order valence-corrected chi connectivity index (χ0v) is 13.9. The molecule has 4 nitrogen and oxygen atoms in total. The fourth-order valence-electron chi connectivity index (χ4n) is 2.90. The van der Waals surface area contributed by atoms with E-state index in [0.717, 1.165) is 22.6 Å². The summed E-state index contributed by atoms with van der Waals surface area (Å²) in [7, 11) is 5.46. The lowest BCUT2D eigenvalue weighted by atomic mass is 9.98. The van der Waals surface area contributed by atoms with E-state index in [9.17, 15) is 9.90 Å². The summed E-state index contributed by atoms with van der Waals surface area (Å²) in [5.74, 6) is -0.210. The summed E-state index contributed by atoms with van der Waals surface area (Å²) in [4.78, 5) is 11.6. The molecule has 2 aromatic rings.